The van der Waals surface area contributed by atoms with E-state index >= 15 is 0 Å². The summed E-state index contributed by atoms with van der Waals surface area (Å²) < 4.78 is 5.71. The summed E-state index contributed by atoms with van der Waals surface area (Å²) in [5.41, 5.74) is 7.05. The van der Waals surface area contributed by atoms with Crippen LogP contribution in [0.4, 0.5) is 16.2 Å². The molecule has 0 aliphatic heterocycles. The molecular weight excluding hydrogens is 290 g/mol. The highest BCUT2D eigenvalue weighted by Crippen LogP contribution is 2.23. The van der Waals surface area contributed by atoms with Crippen molar-refractivity contribution in [3.05, 3.63) is 48.5 Å². The molecule has 0 heterocycles. The van der Waals surface area contributed by atoms with Crippen LogP contribution in [0.1, 0.15) is 26.7 Å². The van der Waals surface area contributed by atoms with Crippen LogP contribution in [0.5, 0.6) is 11.5 Å². The van der Waals surface area contributed by atoms with Crippen LogP contribution in [0.15, 0.2) is 48.5 Å². The summed E-state index contributed by atoms with van der Waals surface area (Å²) in [5.74, 6) is 1.41. The SMILES string of the molecule is CCC(CC)NC(=O)Nc1ccc(Oc2ccc(N)cc2)cc1. The van der Waals surface area contributed by atoms with Crippen molar-refractivity contribution < 1.29 is 9.53 Å². The van der Waals surface area contributed by atoms with E-state index in [4.69, 9.17) is 10.5 Å². The Morgan fingerprint density at radius 2 is 1.52 bits per heavy atom. The molecule has 23 heavy (non-hydrogen) atoms. The fourth-order valence-corrected chi connectivity index (χ4v) is 2.12. The van der Waals surface area contributed by atoms with Crippen molar-refractivity contribution in [2.75, 3.05) is 11.1 Å². The molecule has 0 aliphatic carbocycles. The Hall–Kier alpha value is -2.69. The first-order chi connectivity index (χ1) is 11.1. The number of rotatable bonds is 6. The number of carbonyl (C=O) groups excluding carboxylic acids is 1. The minimum atomic E-state index is -0.189. The standard InChI is InChI=1S/C18H23N3O2/c1-3-14(4-2)20-18(22)21-15-7-11-17(12-8-15)23-16-9-5-13(19)6-10-16/h5-12,14H,3-4,19H2,1-2H3,(H2,20,21,22). The summed E-state index contributed by atoms with van der Waals surface area (Å²) >= 11 is 0. The van der Waals surface area contributed by atoms with Crippen molar-refractivity contribution in [2.45, 2.75) is 32.7 Å². The predicted octanol–water partition coefficient (Wildman–Crippen LogP) is 4.37. The number of benzene rings is 2. The number of urea groups is 1. The minimum absolute atomic E-state index is 0.189. The molecule has 5 nitrogen and oxygen atoms in total. The molecule has 0 bridgehead atoms. The first kappa shape index (κ1) is 16.7. The molecule has 2 rings (SSSR count). The number of amides is 2. The van der Waals surface area contributed by atoms with Crippen molar-refractivity contribution in [3.8, 4) is 11.5 Å². The molecule has 0 aliphatic rings. The fourth-order valence-electron chi connectivity index (χ4n) is 2.12. The molecular formula is C18H23N3O2. The van der Waals surface area contributed by atoms with Gasteiger partial charge in [-0.2, -0.15) is 0 Å². The second-order valence-corrected chi connectivity index (χ2v) is 5.31. The summed E-state index contributed by atoms with van der Waals surface area (Å²) in [4.78, 5) is 11.9. The van der Waals surface area contributed by atoms with E-state index in [2.05, 4.69) is 24.5 Å². The molecule has 0 saturated heterocycles. The van der Waals surface area contributed by atoms with Crippen LogP contribution in [-0.2, 0) is 0 Å². The van der Waals surface area contributed by atoms with Gasteiger partial charge in [-0.3, -0.25) is 0 Å². The molecule has 2 aromatic carbocycles. The third-order valence-electron chi connectivity index (χ3n) is 3.55. The van der Waals surface area contributed by atoms with E-state index in [9.17, 15) is 4.79 Å². The maximum atomic E-state index is 11.9. The molecule has 0 aromatic heterocycles. The maximum absolute atomic E-state index is 11.9. The van der Waals surface area contributed by atoms with Gasteiger partial charge >= 0.3 is 6.03 Å². The van der Waals surface area contributed by atoms with Crippen molar-refractivity contribution >= 4 is 17.4 Å². The Morgan fingerprint density at radius 3 is 2.04 bits per heavy atom. The smallest absolute Gasteiger partial charge is 0.319 e. The van der Waals surface area contributed by atoms with Gasteiger partial charge in [-0.1, -0.05) is 13.8 Å². The number of ether oxygens (including phenoxy) is 1. The van der Waals surface area contributed by atoms with E-state index in [0.29, 0.717) is 17.2 Å². The maximum Gasteiger partial charge on any atom is 0.319 e. The third kappa shape index (κ3) is 5.21. The highest BCUT2D eigenvalue weighted by molar-refractivity contribution is 5.89. The topological polar surface area (TPSA) is 76.4 Å². The molecule has 122 valence electrons. The molecule has 0 spiro atoms. The Labute approximate surface area is 136 Å². The van der Waals surface area contributed by atoms with E-state index in [1.165, 1.54) is 0 Å². The van der Waals surface area contributed by atoms with Gasteiger partial charge in [0.25, 0.3) is 0 Å². The number of hydrogen-bond donors (Lipinski definition) is 3. The van der Waals surface area contributed by atoms with Gasteiger partial charge in [0.2, 0.25) is 0 Å². The Balaban J connectivity index is 1.91. The molecule has 0 radical (unpaired) electrons. The van der Waals surface area contributed by atoms with E-state index < -0.39 is 0 Å². The summed E-state index contributed by atoms with van der Waals surface area (Å²) in [6, 6.07) is 14.4. The molecule has 2 aromatic rings. The predicted molar refractivity (Wildman–Crippen MR) is 93.9 cm³/mol. The van der Waals surface area contributed by atoms with Crippen LogP contribution in [0.25, 0.3) is 0 Å². The molecule has 2 amide bonds. The van der Waals surface area contributed by atoms with Gasteiger partial charge in [-0.05, 0) is 61.4 Å². The Bertz CT molecular complexity index is 620. The fraction of sp³-hybridized carbons (Fsp3) is 0.278. The van der Waals surface area contributed by atoms with E-state index in [1.807, 2.05) is 24.3 Å². The zero-order valence-corrected chi connectivity index (χ0v) is 13.5. The van der Waals surface area contributed by atoms with Crippen molar-refractivity contribution in [3.63, 3.8) is 0 Å². The van der Waals surface area contributed by atoms with Gasteiger partial charge < -0.3 is 21.1 Å². The number of nitrogens with one attached hydrogen (secondary N) is 2. The van der Waals surface area contributed by atoms with Gasteiger partial charge in [0, 0.05) is 17.4 Å². The molecule has 4 N–H and O–H groups in total. The summed E-state index contributed by atoms with van der Waals surface area (Å²) in [6.45, 7) is 4.11. The summed E-state index contributed by atoms with van der Waals surface area (Å²) in [6.07, 6.45) is 1.83. The van der Waals surface area contributed by atoms with Crippen LogP contribution >= 0.6 is 0 Å². The number of carbonyl (C=O) groups is 1. The van der Waals surface area contributed by atoms with Crippen LogP contribution in [0, 0.1) is 0 Å². The van der Waals surface area contributed by atoms with Crippen molar-refractivity contribution in [2.24, 2.45) is 0 Å². The average molecular weight is 313 g/mol. The number of nitrogen functional groups attached to an aromatic ring is 1. The number of nitrogens with two attached hydrogens (primary N) is 1. The van der Waals surface area contributed by atoms with Crippen molar-refractivity contribution in [1.82, 2.24) is 5.32 Å². The molecule has 0 atom stereocenters. The number of anilines is 2. The Morgan fingerprint density at radius 1 is 1.00 bits per heavy atom. The summed E-state index contributed by atoms with van der Waals surface area (Å²) in [5, 5.41) is 5.75. The highest BCUT2D eigenvalue weighted by Gasteiger charge is 2.08. The third-order valence-corrected chi connectivity index (χ3v) is 3.55. The lowest BCUT2D eigenvalue weighted by Gasteiger charge is -2.15. The molecule has 0 saturated carbocycles. The van der Waals surface area contributed by atoms with Crippen LogP contribution in [-0.4, -0.2) is 12.1 Å². The quantitative estimate of drug-likeness (QED) is 0.693. The van der Waals surface area contributed by atoms with E-state index in [-0.39, 0.29) is 12.1 Å². The second kappa shape index (κ2) is 8.08. The average Bonchev–Trinajstić information content (AvgIpc) is 2.56. The van der Waals surface area contributed by atoms with E-state index in [1.54, 1.807) is 24.3 Å². The first-order valence-corrected chi connectivity index (χ1v) is 7.81. The lowest BCUT2D eigenvalue weighted by atomic mass is 10.2. The minimum Gasteiger partial charge on any atom is -0.457 e. The van der Waals surface area contributed by atoms with Gasteiger partial charge in [-0.15, -0.1) is 0 Å². The van der Waals surface area contributed by atoms with Crippen LogP contribution in [0.2, 0.25) is 0 Å². The lowest BCUT2D eigenvalue weighted by Crippen LogP contribution is -2.37. The lowest BCUT2D eigenvalue weighted by molar-refractivity contribution is 0.247. The zero-order valence-electron chi connectivity index (χ0n) is 13.5. The van der Waals surface area contributed by atoms with Gasteiger partial charge in [0.05, 0.1) is 0 Å². The van der Waals surface area contributed by atoms with Gasteiger partial charge in [-0.25, -0.2) is 4.79 Å². The van der Waals surface area contributed by atoms with E-state index in [0.717, 1.165) is 18.5 Å². The second-order valence-electron chi connectivity index (χ2n) is 5.31. The van der Waals surface area contributed by atoms with Crippen LogP contribution < -0.4 is 21.1 Å². The number of hydrogen-bond acceptors (Lipinski definition) is 3. The first-order valence-electron chi connectivity index (χ1n) is 7.81. The molecule has 0 unspecified atom stereocenters. The highest BCUT2D eigenvalue weighted by atomic mass is 16.5. The largest absolute Gasteiger partial charge is 0.457 e. The normalized spacial score (nSPS) is 10.4. The summed E-state index contributed by atoms with van der Waals surface area (Å²) in [7, 11) is 0. The molecule has 0 fully saturated rings. The van der Waals surface area contributed by atoms with Gasteiger partial charge in [0.1, 0.15) is 11.5 Å². The van der Waals surface area contributed by atoms with Crippen LogP contribution in [0.3, 0.4) is 0 Å². The zero-order chi connectivity index (χ0) is 16.7. The monoisotopic (exact) mass is 313 g/mol. The van der Waals surface area contributed by atoms with Gasteiger partial charge in [0.15, 0.2) is 0 Å². The molecule has 5 heteroatoms. The Kier molecular flexibility index (Phi) is 5.86. The van der Waals surface area contributed by atoms with Crippen molar-refractivity contribution in [1.29, 1.82) is 0 Å².